The molecule has 1 N–H and O–H groups in total. The number of benzene rings is 1. The maximum atomic E-state index is 12.4. The van der Waals surface area contributed by atoms with Gasteiger partial charge in [0.2, 0.25) is 0 Å². The van der Waals surface area contributed by atoms with E-state index in [-0.39, 0.29) is 18.6 Å². The summed E-state index contributed by atoms with van der Waals surface area (Å²) < 4.78 is 16.5. The molecule has 3 rings (SSSR count). The minimum atomic E-state index is -0.124. The van der Waals surface area contributed by atoms with Crippen LogP contribution in [0.15, 0.2) is 46.6 Å². The van der Waals surface area contributed by atoms with Crippen LogP contribution in [0.5, 0.6) is 11.5 Å². The molecule has 0 fully saturated rings. The predicted molar refractivity (Wildman–Crippen MR) is 91.1 cm³/mol. The minimum absolute atomic E-state index is 0.0271. The van der Waals surface area contributed by atoms with Crippen LogP contribution in [0.25, 0.3) is 6.08 Å². The van der Waals surface area contributed by atoms with E-state index in [1.54, 1.807) is 6.26 Å². The molecule has 5 nitrogen and oxygen atoms in total. The lowest BCUT2D eigenvalue weighted by atomic mass is 10.1. The van der Waals surface area contributed by atoms with Gasteiger partial charge in [0.05, 0.1) is 18.4 Å². The highest BCUT2D eigenvalue weighted by Crippen LogP contribution is 2.30. The molecule has 2 aromatic rings. The second-order valence-electron chi connectivity index (χ2n) is 5.75. The van der Waals surface area contributed by atoms with Crippen LogP contribution in [0.3, 0.4) is 0 Å². The maximum absolute atomic E-state index is 12.4. The molecule has 1 amide bonds. The molecule has 0 bridgehead atoms. The van der Waals surface area contributed by atoms with E-state index >= 15 is 0 Å². The van der Waals surface area contributed by atoms with Crippen molar-refractivity contribution in [1.29, 1.82) is 0 Å². The molecule has 0 unspecified atom stereocenters. The summed E-state index contributed by atoms with van der Waals surface area (Å²) >= 11 is 0. The zero-order valence-electron chi connectivity index (χ0n) is 13.9. The zero-order valence-corrected chi connectivity index (χ0v) is 13.9. The molecule has 0 saturated heterocycles. The van der Waals surface area contributed by atoms with Gasteiger partial charge in [-0.1, -0.05) is 0 Å². The fraction of sp³-hybridized carbons (Fsp3) is 0.316. The molecule has 0 radical (unpaired) electrons. The smallest absolute Gasteiger partial charge is 0.250 e. The van der Waals surface area contributed by atoms with Gasteiger partial charge in [-0.2, -0.15) is 0 Å². The summed E-state index contributed by atoms with van der Waals surface area (Å²) in [6, 6.07) is 9.33. The number of hydrogen-bond donors (Lipinski definition) is 1. The van der Waals surface area contributed by atoms with E-state index < -0.39 is 0 Å². The molecule has 1 aliphatic rings. The normalized spacial score (nSPS) is 14.2. The molecule has 1 aliphatic heterocycles. The number of amides is 1. The Labute approximate surface area is 141 Å². The summed E-state index contributed by atoms with van der Waals surface area (Å²) in [7, 11) is 0. The number of ether oxygens (including phenoxy) is 2. The second kappa shape index (κ2) is 7.25. The van der Waals surface area contributed by atoms with Crippen LogP contribution in [0.2, 0.25) is 0 Å². The van der Waals surface area contributed by atoms with Crippen LogP contribution in [0.4, 0.5) is 0 Å². The predicted octanol–water partition coefficient (Wildman–Crippen LogP) is 3.20. The zero-order chi connectivity index (χ0) is 16.9. The lowest BCUT2D eigenvalue weighted by Crippen LogP contribution is -2.36. The summed E-state index contributed by atoms with van der Waals surface area (Å²) in [5, 5.41) is 2.98. The Balaban J connectivity index is 1.67. The quantitative estimate of drug-likeness (QED) is 0.885. The van der Waals surface area contributed by atoms with Crippen LogP contribution in [0.1, 0.15) is 25.2 Å². The van der Waals surface area contributed by atoms with Crippen LogP contribution in [0, 0.1) is 0 Å². The molecular formula is C19H21NO4. The van der Waals surface area contributed by atoms with Gasteiger partial charge in [-0.05, 0) is 50.3 Å². The SMILES string of the molecule is CCOc1ccc2c(c1)C=C(C(=O)N[C@H](C)Cc1ccco1)CO2. The standard InChI is InChI=1S/C19H21NO4/c1-3-22-17-6-7-18-14(11-17)10-15(12-24-18)19(21)20-13(2)9-16-5-4-8-23-16/h4-8,10-11,13H,3,9,12H2,1-2H3,(H,20,21)/t13-/m1/s1. The van der Waals surface area contributed by atoms with E-state index in [0.29, 0.717) is 18.6 Å². The Kier molecular flexibility index (Phi) is 4.89. The average molecular weight is 327 g/mol. The van der Waals surface area contributed by atoms with Gasteiger partial charge >= 0.3 is 0 Å². The minimum Gasteiger partial charge on any atom is -0.494 e. The van der Waals surface area contributed by atoms with Crippen LogP contribution >= 0.6 is 0 Å². The number of rotatable bonds is 6. The largest absolute Gasteiger partial charge is 0.494 e. The first kappa shape index (κ1) is 16.2. The van der Waals surface area contributed by atoms with Gasteiger partial charge in [0.25, 0.3) is 5.91 Å². The van der Waals surface area contributed by atoms with Crippen molar-refractivity contribution in [3.05, 3.63) is 53.5 Å². The molecule has 1 aromatic heterocycles. The molecule has 1 atom stereocenters. The molecule has 5 heteroatoms. The van der Waals surface area contributed by atoms with E-state index in [2.05, 4.69) is 5.32 Å². The fourth-order valence-corrected chi connectivity index (χ4v) is 2.64. The molecule has 1 aromatic carbocycles. The van der Waals surface area contributed by atoms with Gasteiger partial charge in [0.15, 0.2) is 0 Å². The van der Waals surface area contributed by atoms with Gasteiger partial charge in [0.1, 0.15) is 23.9 Å². The lowest BCUT2D eigenvalue weighted by Gasteiger charge is -2.20. The van der Waals surface area contributed by atoms with Gasteiger partial charge < -0.3 is 19.2 Å². The third kappa shape index (κ3) is 3.79. The van der Waals surface area contributed by atoms with E-state index in [0.717, 1.165) is 22.8 Å². The molecular weight excluding hydrogens is 306 g/mol. The van der Waals surface area contributed by atoms with Crippen LogP contribution < -0.4 is 14.8 Å². The summed E-state index contributed by atoms with van der Waals surface area (Å²) in [6.45, 7) is 4.75. The summed E-state index contributed by atoms with van der Waals surface area (Å²) in [5.74, 6) is 2.26. The number of fused-ring (bicyclic) bond motifs is 1. The molecule has 126 valence electrons. The highest BCUT2D eigenvalue weighted by molar-refractivity contribution is 5.99. The van der Waals surface area contributed by atoms with E-state index in [4.69, 9.17) is 13.9 Å². The monoisotopic (exact) mass is 327 g/mol. The molecule has 0 spiro atoms. The molecule has 0 saturated carbocycles. The lowest BCUT2D eigenvalue weighted by molar-refractivity contribution is -0.118. The summed E-state index contributed by atoms with van der Waals surface area (Å²) in [6.07, 6.45) is 4.14. The summed E-state index contributed by atoms with van der Waals surface area (Å²) in [4.78, 5) is 12.4. The van der Waals surface area contributed by atoms with Gasteiger partial charge in [-0.25, -0.2) is 0 Å². The van der Waals surface area contributed by atoms with Crippen molar-refractivity contribution in [3.63, 3.8) is 0 Å². The van der Waals surface area contributed by atoms with Gasteiger partial charge in [0, 0.05) is 18.0 Å². The topological polar surface area (TPSA) is 60.7 Å². The van der Waals surface area contributed by atoms with Crippen molar-refractivity contribution >= 4 is 12.0 Å². The van der Waals surface area contributed by atoms with Gasteiger partial charge in [-0.15, -0.1) is 0 Å². The second-order valence-corrected chi connectivity index (χ2v) is 5.75. The molecule has 2 heterocycles. The number of hydrogen-bond acceptors (Lipinski definition) is 4. The Morgan fingerprint density at radius 2 is 2.25 bits per heavy atom. The van der Waals surface area contributed by atoms with Crippen molar-refractivity contribution in [3.8, 4) is 11.5 Å². The number of nitrogens with one attached hydrogen (secondary N) is 1. The van der Waals surface area contributed by atoms with E-state index in [9.17, 15) is 4.79 Å². The van der Waals surface area contributed by atoms with Crippen molar-refractivity contribution in [2.45, 2.75) is 26.3 Å². The van der Waals surface area contributed by atoms with Gasteiger partial charge in [-0.3, -0.25) is 4.79 Å². The molecule has 0 aliphatic carbocycles. The number of carbonyl (C=O) groups is 1. The van der Waals surface area contributed by atoms with Crippen LogP contribution in [-0.4, -0.2) is 25.2 Å². The Morgan fingerprint density at radius 3 is 3.00 bits per heavy atom. The average Bonchev–Trinajstić information content (AvgIpc) is 3.07. The highest BCUT2D eigenvalue weighted by Gasteiger charge is 2.19. The first-order chi connectivity index (χ1) is 11.7. The fourth-order valence-electron chi connectivity index (χ4n) is 2.64. The highest BCUT2D eigenvalue weighted by atomic mass is 16.5. The summed E-state index contributed by atoms with van der Waals surface area (Å²) in [5.41, 5.74) is 1.46. The number of furan rings is 1. The van der Waals surface area contributed by atoms with Crippen LogP contribution in [-0.2, 0) is 11.2 Å². The van der Waals surface area contributed by atoms with E-state index in [1.165, 1.54) is 0 Å². The maximum Gasteiger partial charge on any atom is 0.250 e. The first-order valence-electron chi connectivity index (χ1n) is 8.09. The Hall–Kier alpha value is -2.69. The van der Waals surface area contributed by atoms with Crippen molar-refractivity contribution in [2.24, 2.45) is 0 Å². The van der Waals surface area contributed by atoms with E-state index in [1.807, 2.05) is 50.3 Å². The first-order valence-corrected chi connectivity index (χ1v) is 8.09. The van der Waals surface area contributed by atoms with Crippen molar-refractivity contribution in [1.82, 2.24) is 5.32 Å². The number of carbonyl (C=O) groups excluding carboxylic acids is 1. The Bertz CT molecular complexity index is 734. The molecule has 24 heavy (non-hydrogen) atoms. The Morgan fingerprint density at radius 1 is 1.38 bits per heavy atom. The third-order valence-corrected chi connectivity index (χ3v) is 3.76. The third-order valence-electron chi connectivity index (χ3n) is 3.76. The van der Waals surface area contributed by atoms with Crippen molar-refractivity contribution < 1.29 is 18.7 Å². The van der Waals surface area contributed by atoms with Crippen molar-refractivity contribution in [2.75, 3.05) is 13.2 Å².